The molecule has 0 aromatic carbocycles. The van der Waals surface area contributed by atoms with Gasteiger partial charge in [0, 0.05) is 17.7 Å². The van der Waals surface area contributed by atoms with Crippen LogP contribution in [0.2, 0.25) is 0 Å². The second-order valence-electron chi connectivity index (χ2n) is 8.00. The maximum Gasteiger partial charge on any atom is 0.433 e. The highest BCUT2D eigenvalue weighted by Crippen LogP contribution is 2.41. The van der Waals surface area contributed by atoms with Crippen molar-refractivity contribution in [3.63, 3.8) is 0 Å². The molecule has 0 atom stereocenters. The van der Waals surface area contributed by atoms with Gasteiger partial charge in [-0.25, -0.2) is 0 Å². The minimum absolute atomic E-state index is 0.375. The molecule has 142 valence electrons. The molecule has 2 aliphatic rings. The molecule has 2 aliphatic carbocycles. The summed E-state index contributed by atoms with van der Waals surface area (Å²) in [6, 6.07) is 2.42. The fourth-order valence-electron chi connectivity index (χ4n) is 4.62. The van der Waals surface area contributed by atoms with Crippen molar-refractivity contribution in [2.75, 3.05) is 0 Å². The van der Waals surface area contributed by atoms with E-state index in [4.69, 9.17) is 0 Å². The molecule has 3 rings (SSSR count). The average molecular weight is 363 g/mol. The number of halogens is 3. The average Bonchev–Trinajstić information content (AvgIpc) is 2.66. The molecule has 0 spiro atoms. The van der Waals surface area contributed by atoms with Crippen molar-refractivity contribution in [3.8, 4) is 11.8 Å². The highest BCUT2D eigenvalue weighted by molar-refractivity contribution is 5.33. The Morgan fingerprint density at radius 1 is 0.962 bits per heavy atom. The first-order chi connectivity index (χ1) is 12.5. The zero-order chi connectivity index (χ0) is 18.6. The van der Waals surface area contributed by atoms with E-state index in [2.05, 4.69) is 23.7 Å². The van der Waals surface area contributed by atoms with Gasteiger partial charge in [0.1, 0.15) is 5.69 Å². The number of alkyl halides is 3. The number of pyridine rings is 1. The third kappa shape index (κ3) is 5.02. The van der Waals surface area contributed by atoms with Gasteiger partial charge in [-0.1, -0.05) is 38.0 Å². The van der Waals surface area contributed by atoms with Crippen molar-refractivity contribution in [1.29, 1.82) is 0 Å². The van der Waals surface area contributed by atoms with Gasteiger partial charge in [0.25, 0.3) is 0 Å². The van der Waals surface area contributed by atoms with E-state index in [9.17, 15) is 13.2 Å². The molecule has 1 aromatic heterocycles. The van der Waals surface area contributed by atoms with E-state index in [0.29, 0.717) is 11.5 Å². The van der Waals surface area contributed by atoms with Gasteiger partial charge >= 0.3 is 6.18 Å². The Bertz CT molecular complexity index is 622. The second-order valence-corrected chi connectivity index (χ2v) is 8.00. The van der Waals surface area contributed by atoms with Crippen LogP contribution in [0.5, 0.6) is 0 Å². The third-order valence-electron chi connectivity index (χ3n) is 6.38. The Hall–Kier alpha value is -1.50. The zero-order valence-electron chi connectivity index (χ0n) is 15.5. The molecule has 0 N–H and O–H groups in total. The Morgan fingerprint density at radius 3 is 2.08 bits per heavy atom. The largest absolute Gasteiger partial charge is 0.433 e. The second kappa shape index (κ2) is 8.46. The molecule has 1 heterocycles. The van der Waals surface area contributed by atoms with Crippen molar-refractivity contribution < 1.29 is 13.2 Å². The zero-order valence-corrected chi connectivity index (χ0v) is 15.5. The lowest BCUT2D eigenvalue weighted by Gasteiger charge is -2.36. The smallest absolute Gasteiger partial charge is 0.250 e. The highest BCUT2D eigenvalue weighted by Gasteiger charge is 2.32. The number of hydrogen-bond acceptors (Lipinski definition) is 1. The third-order valence-corrected chi connectivity index (χ3v) is 6.38. The van der Waals surface area contributed by atoms with E-state index >= 15 is 0 Å². The van der Waals surface area contributed by atoms with Crippen LogP contribution in [0.4, 0.5) is 13.2 Å². The molecule has 0 unspecified atom stereocenters. The standard InChI is InChI=1S/C22H28F3N/c1-2-16-5-10-19(11-6-16)20-12-7-17(8-13-20)3-4-18-9-14-21(26-15-18)22(23,24)25/h9,14-17,19-20H,2,5-8,10-13H2,1H3. The monoisotopic (exact) mass is 363 g/mol. The number of aromatic nitrogens is 1. The summed E-state index contributed by atoms with van der Waals surface area (Å²) in [5.74, 6) is 9.38. The number of rotatable bonds is 2. The van der Waals surface area contributed by atoms with Gasteiger partial charge in [0.2, 0.25) is 0 Å². The number of nitrogens with zero attached hydrogens (tertiary/aromatic N) is 1. The lowest BCUT2D eigenvalue weighted by molar-refractivity contribution is -0.141. The van der Waals surface area contributed by atoms with Crippen LogP contribution < -0.4 is 0 Å². The molecule has 0 aliphatic heterocycles. The summed E-state index contributed by atoms with van der Waals surface area (Å²) < 4.78 is 37.6. The first kappa shape index (κ1) is 19.3. The maximum absolute atomic E-state index is 12.5. The summed E-state index contributed by atoms with van der Waals surface area (Å²) in [5, 5.41) is 0. The van der Waals surface area contributed by atoms with E-state index in [1.165, 1.54) is 57.2 Å². The molecule has 1 nitrogen and oxygen atoms in total. The first-order valence-electron chi connectivity index (χ1n) is 10.0. The molecule has 2 fully saturated rings. The Balaban J connectivity index is 1.48. The minimum atomic E-state index is -4.39. The molecule has 0 amide bonds. The lowest BCUT2D eigenvalue weighted by atomic mass is 9.69. The van der Waals surface area contributed by atoms with Crippen LogP contribution in [-0.2, 0) is 6.18 Å². The van der Waals surface area contributed by atoms with Gasteiger partial charge in [-0.15, -0.1) is 0 Å². The molecule has 4 heteroatoms. The summed E-state index contributed by atoms with van der Waals surface area (Å²) >= 11 is 0. The molecule has 0 saturated heterocycles. The van der Waals surface area contributed by atoms with Crippen molar-refractivity contribution in [1.82, 2.24) is 4.98 Å². The maximum atomic E-state index is 12.5. The highest BCUT2D eigenvalue weighted by atomic mass is 19.4. The minimum Gasteiger partial charge on any atom is -0.250 e. The van der Waals surface area contributed by atoms with Crippen LogP contribution in [0.3, 0.4) is 0 Å². The van der Waals surface area contributed by atoms with Gasteiger partial charge in [0.05, 0.1) is 0 Å². The van der Waals surface area contributed by atoms with Crippen LogP contribution in [-0.4, -0.2) is 4.98 Å². The van der Waals surface area contributed by atoms with Crippen LogP contribution in [0, 0.1) is 35.5 Å². The van der Waals surface area contributed by atoms with E-state index < -0.39 is 11.9 Å². The Morgan fingerprint density at radius 2 is 1.58 bits per heavy atom. The topological polar surface area (TPSA) is 12.9 Å². The lowest BCUT2D eigenvalue weighted by Crippen LogP contribution is -2.25. The summed E-state index contributed by atoms with van der Waals surface area (Å²) in [6.45, 7) is 2.31. The van der Waals surface area contributed by atoms with Gasteiger partial charge in [-0.2, -0.15) is 13.2 Å². The predicted molar refractivity (Wildman–Crippen MR) is 97.3 cm³/mol. The van der Waals surface area contributed by atoms with E-state index in [0.717, 1.165) is 36.7 Å². The number of hydrogen-bond donors (Lipinski definition) is 0. The van der Waals surface area contributed by atoms with Crippen LogP contribution in [0.25, 0.3) is 0 Å². The predicted octanol–water partition coefficient (Wildman–Crippen LogP) is 6.47. The molecular weight excluding hydrogens is 335 g/mol. The van der Waals surface area contributed by atoms with Gasteiger partial charge in [-0.3, -0.25) is 4.98 Å². The fraction of sp³-hybridized carbons (Fsp3) is 0.682. The summed E-state index contributed by atoms with van der Waals surface area (Å²) in [7, 11) is 0. The van der Waals surface area contributed by atoms with E-state index in [-0.39, 0.29) is 0 Å². The van der Waals surface area contributed by atoms with E-state index in [1.54, 1.807) is 0 Å². The van der Waals surface area contributed by atoms with Gasteiger partial charge in [0.15, 0.2) is 0 Å². The summed E-state index contributed by atoms with van der Waals surface area (Å²) in [5.41, 5.74) is -0.292. The molecule has 26 heavy (non-hydrogen) atoms. The van der Waals surface area contributed by atoms with Crippen molar-refractivity contribution in [2.24, 2.45) is 23.7 Å². The molecule has 1 aromatic rings. The molecule has 0 bridgehead atoms. The van der Waals surface area contributed by atoms with Gasteiger partial charge < -0.3 is 0 Å². The quantitative estimate of drug-likeness (QED) is 0.548. The summed E-state index contributed by atoms with van der Waals surface area (Å²) in [6.07, 6.45) is 8.54. The Labute approximate surface area is 154 Å². The van der Waals surface area contributed by atoms with Crippen molar-refractivity contribution in [3.05, 3.63) is 29.6 Å². The molecule has 2 saturated carbocycles. The van der Waals surface area contributed by atoms with Gasteiger partial charge in [-0.05, 0) is 68.4 Å². The van der Waals surface area contributed by atoms with E-state index in [1.807, 2.05) is 0 Å². The molecule has 0 radical (unpaired) electrons. The van der Waals surface area contributed by atoms with Crippen LogP contribution >= 0.6 is 0 Å². The Kier molecular flexibility index (Phi) is 6.27. The summed E-state index contributed by atoms with van der Waals surface area (Å²) in [4.78, 5) is 3.47. The van der Waals surface area contributed by atoms with Crippen LogP contribution in [0.15, 0.2) is 18.3 Å². The first-order valence-corrected chi connectivity index (χ1v) is 10.0. The van der Waals surface area contributed by atoms with Crippen LogP contribution in [0.1, 0.15) is 76.0 Å². The fourth-order valence-corrected chi connectivity index (χ4v) is 4.62. The molecular formula is C22H28F3N. The van der Waals surface area contributed by atoms with Crippen molar-refractivity contribution >= 4 is 0 Å². The SMILES string of the molecule is CCC1CCC(C2CCC(C#Cc3ccc(C(F)(F)F)nc3)CC2)CC1. The normalized spacial score (nSPS) is 29.7. The van der Waals surface area contributed by atoms with Crippen molar-refractivity contribution in [2.45, 2.75) is 70.9 Å².